The molecule has 0 saturated carbocycles. The Labute approximate surface area is 149 Å². The van der Waals surface area contributed by atoms with Crippen LogP contribution >= 0.6 is 15.9 Å². The molecule has 126 valence electrons. The predicted molar refractivity (Wildman–Crippen MR) is 95.5 cm³/mol. The van der Waals surface area contributed by atoms with Crippen LogP contribution in [0.15, 0.2) is 45.7 Å². The van der Waals surface area contributed by atoms with Crippen molar-refractivity contribution in [3.63, 3.8) is 0 Å². The van der Waals surface area contributed by atoms with Crippen LogP contribution in [0.4, 0.5) is 0 Å². The largest absolute Gasteiger partial charge is 0.488 e. The van der Waals surface area contributed by atoms with Crippen molar-refractivity contribution in [3.05, 3.63) is 62.5 Å². The first-order valence-corrected chi connectivity index (χ1v) is 8.63. The molecule has 1 amide bonds. The lowest BCUT2D eigenvalue weighted by molar-refractivity contribution is 0.0771. The average Bonchev–Trinajstić information content (AvgIpc) is 3.01. The molecule has 1 aliphatic rings. The molecule has 3 rings (SSSR count). The Morgan fingerprint density at radius 3 is 2.75 bits per heavy atom. The smallest absolute Gasteiger partial charge is 0.255 e. The number of ether oxygens (including phenoxy) is 1. The first-order chi connectivity index (χ1) is 11.5. The molecule has 1 aromatic carbocycles. The van der Waals surface area contributed by atoms with E-state index in [-0.39, 0.29) is 17.6 Å². The number of pyridine rings is 1. The fraction of sp³-hybridized carbons (Fsp3) is 0.333. The maximum atomic E-state index is 12.6. The van der Waals surface area contributed by atoms with Crippen LogP contribution in [0.3, 0.4) is 0 Å². The van der Waals surface area contributed by atoms with E-state index >= 15 is 0 Å². The number of amides is 1. The molecule has 1 aromatic heterocycles. The van der Waals surface area contributed by atoms with Gasteiger partial charge in [0.05, 0.1) is 12.1 Å². The van der Waals surface area contributed by atoms with Gasteiger partial charge in [-0.3, -0.25) is 9.59 Å². The number of carbonyl (C=O) groups excluding carboxylic acids is 1. The third-order valence-electron chi connectivity index (χ3n) is 4.32. The number of aromatic nitrogens is 1. The molecule has 0 aliphatic carbocycles. The number of hydrogen-bond acceptors (Lipinski definition) is 3. The number of benzene rings is 1. The highest BCUT2D eigenvalue weighted by Crippen LogP contribution is 2.23. The van der Waals surface area contributed by atoms with Gasteiger partial charge < -0.3 is 14.2 Å². The Balaban J connectivity index is 1.69. The lowest BCUT2D eigenvalue weighted by atomic mass is 10.2. The minimum absolute atomic E-state index is 0.00580. The van der Waals surface area contributed by atoms with E-state index in [1.807, 2.05) is 37.3 Å². The van der Waals surface area contributed by atoms with Crippen LogP contribution in [0.25, 0.3) is 0 Å². The molecule has 0 bridgehead atoms. The first-order valence-electron chi connectivity index (χ1n) is 7.84. The zero-order valence-electron chi connectivity index (χ0n) is 13.7. The summed E-state index contributed by atoms with van der Waals surface area (Å²) in [6.45, 7) is 3.04. The summed E-state index contributed by atoms with van der Waals surface area (Å²) in [6, 6.07) is 10.7. The molecule has 24 heavy (non-hydrogen) atoms. The molecule has 1 aliphatic heterocycles. The highest BCUT2D eigenvalue weighted by atomic mass is 79.9. The van der Waals surface area contributed by atoms with Crippen molar-refractivity contribution in [2.75, 3.05) is 13.1 Å². The molecule has 1 atom stereocenters. The molecule has 2 aromatic rings. The third kappa shape index (κ3) is 3.38. The van der Waals surface area contributed by atoms with E-state index in [1.54, 1.807) is 16.5 Å². The highest BCUT2D eigenvalue weighted by molar-refractivity contribution is 9.10. The number of halogens is 1. The summed E-state index contributed by atoms with van der Waals surface area (Å²) >= 11 is 3.42. The maximum Gasteiger partial charge on any atom is 0.255 e. The van der Waals surface area contributed by atoms with E-state index in [1.165, 1.54) is 6.07 Å². The average molecular weight is 391 g/mol. The minimum Gasteiger partial charge on any atom is -0.488 e. The molecule has 1 fully saturated rings. The zero-order valence-corrected chi connectivity index (χ0v) is 15.2. The fourth-order valence-corrected chi connectivity index (χ4v) is 3.27. The van der Waals surface area contributed by atoms with Gasteiger partial charge in [-0.05, 0) is 41.1 Å². The SMILES string of the molecule is Cc1cc(O[C@@H]2CCN(C(=O)c3ccccc3Br)C2)cc(=O)n1C. The van der Waals surface area contributed by atoms with Crippen LogP contribution in [0.5, 0.6) is 5.75 Å². The third-order valence-corrected chi connectivity index (χ3v) is 5.01. The molecule has 5 nitrogen and oxygen atoms in total. The molecule has 0 radical (unpaired) electrons. The quantitative estimate of drug-likeness (QED) is 0.809. The van der Waals surface area contributed by atoms with E-state index in [9.17, 15) is 9.59 Å². The van der Waals surface area contributed by atoms with Crippen molar-refractivity contribution in [1.82, 2.24) is 9.47 Å². The fourth-order valence-electron chi connectivity index (χ4n) is 2.81. The maximum absolute atomic E-state index is 12.6. The summed E-state index contributed by atoms with van der Waals surface area (Å²) < 4.78 is 8.29. The van der Waals surface area contributed by atoms with Gasteiger partial charge in [-0.2, -0.15) is 0 Å². The number of nitrogens with zero attached hydrogens (tertiary/aromatic N) is 2. The van der Waals surface area contributed by atoms with Gasteiger partial charge in [0.25, 0.3) is 11.5 Å². The number of aryl methyl sites for hydroxylation is 1. The van der Waals surface area contributed by atoms with Crippen molar-refractivity contribution < 1.29 is 9.53 Å². The van der Waals surface area contributed by atoms with Crippen LogP contribution in [-0.2, 0) is 7.05 Å². The van der Waals surface area contributed by atoms with Gasteiger partial charge in [0.15, 0.2) is 0 Å². The van der Waals surface area contributed by atoms with Crippen LogP contribution in [0.2, 0.25) is 0 Å². The Bertz CT molecular complexity index is 831. The Kier molecular flexibility index (Phi) is 4.76. The highest BCUT2D eigenvalue weighted by Gasteiger charge is 2.29. The van der Waals surface area contributed by atoms with E-state index in [0.29, 0.717) is 24.4 Å². The number of rotatable bonds is 3. The molecular formula is C18H19BrN2O3. The van der Waals surface area contributed by atoms with Gasteiger partial charge in [0.1, 0.15) is 11.9 Å². The first kappa shape index (κ1) is 16.8. The van der Waals surface area contributed by atoms with Crippen molar-refractivity contribution in [3.8, 4) is 5.75 Å². The van der Waals surface area contributed by atoms with Crippen LogP contribution in [0.1, 0.15) is 22.5 Å². The van der Waals surface area contributed by atoms with Gasteiger partial charge in [-0.1, -0.05) is 12.1 Å². The summed E-state index contributed by atoms with van der Waals surface area (Å²) in [5, 5.41) is 0. The van der Waals surface area contributed by atoms with E-state index < -0.39 is 0 Å². The lowest BCUT2D eigenvalue weighted by Crippen LogP contribution is -2.31. The van der Waals surface area contributed by atoms with Crippen LogP contribution in [-0.4, -0.2) is 34.6 Å². The molecular weight excluding hydrogens is 372 g/mol. The summed E-state index contributed by atoms with van der Waals surface area (Å²) in [7, 11) is 1.73. The van der Waals surface area contributed by atoms with Crippen molar-refractivity contribution in [1.29, 1.82) is 0 Å². The standard InChI is InChI=1S/C18H19BrN2O3/c1-12-9-14(10-17(22)20(12)2)24-13-7-8-21(11-13)18(23)15-5-3-4-6-16(15)19/h3-6,9-10,13H,7-8,11H2,1-2H3/t13-/m1/s1. The zero-order chi connectivity index (χ0) is 17.3. The number of carbonyl (C=O) groups is 1. The Morgan fingerprint density at radius 2 is 2.04 bits per heavy atom. The van der Waals surface area contributed by atoms with Crippen molar-refractivity contribution in [2.24, 2.45) is 7.05 Å². The van der Waals surface area contributed by atoms with E-state index in [0.717, 1.165) is 16.6 Å². The second-order valence-corrected chi connectivity index (χ2v) is 6.84. The monoisotopic (exact) mass is 390 g/mol. The van der Waals surface area contributed by atoms with Gasteiger partial charge >= 0.3 is 0 Å². The van der Waals surface area contributed by atoms with E-state index in [2.05, 4.69) is 15.9 Å². The van der Waals surface area contributed by atoms with Crippen LogP contribution in [0, 0.1) is 6.92 Å². The van der Waals surface area contributed by atoms with Gasteiger partial charge in [-0.25, -0.2) is 0 Å². The Hall–Kier alpha value is -2.08. The van der Waals surface area contributed by atoms with E-state index in [4.69, 9.17) is 4.74 Å². The predicted octanol–water partition coefficient (Wildman–Crippen LogP) is 2.75. The molecule has 2 heterocycles. The topological polar surface area (TPSA) is 51.5 Å². The summed E-state index contributed by atoms with van der Waals surface area (Å²) in [4.78, 5) is 26.2. The number of hydrogen-bond donors (Lipinski definition) is 0. The van der Waals surface area contributed by atoms with Gasteiger partial charge in [0.2, 0.25) is 0 Å². The number of likely N-dealkylation sites (tertiary alicyclic amines) is 1. The van der Waals surface area contributed by atoms with Gasteiger partial charge in [0, 0.05) is 36.2 Å². The molecule has 1 saturated heterocycles. The summed E-state index contributed by atoms with van der Waals surface area (Å²) in [5.74, 6) is 0.560. The molecule has 6 heteroatoms. The molecule has 0 N–H and O–H groups in total. The second-order valence-electron chi connectivity index (χ2n) is 5.99. The molecule has 0 unspecified atom stereocenters. The van der Waals surface area contributed by atoms with Crippen molar-refractivity contribution in [2.45, 2.75) is 19.4 Å². The van der Waals surface area contributed by atoms with Crippen molar-refractivity contribution >= 4 is 21.8 Å². The summed E-state index contributed by atoms with van der Waals surface area (Å²) in [5.41, 5.74) is 1.41. The lowest BCUT2D eigenvalue weighted by Gasteiger charge is -2.18. The van der Waals surface area contributed by atoms with Gasteiger partial charge in [-0.15, -0.1) is 0 Å². The minimum atomic E-state index is -0.0945. The normalized spacial score (nSPS) is 17.1. The molecule has 0 spiro atoms. The second kappa shape index (κ2) is 6.81. The van der Waals surface area contributed by atoms with Crippen LogP contribution < -0.4 is 10.3 Å². The Morgan fingerprint density at radius 1 is 1.29 bits per heavy atom. The summed E-state index contributed by atoms with van der Waals surface area (Å²) in [6.07, 6.45) is 0.660.